The maximum atomic E-state index is 12.7. The molecule has 4 rings (SSSR count). The van der Waals surface area contributed by atoms with Gasteiger partial charge in [0, 0.05) is 25.7 Å². The first-order valence-electron chi connectivity index (χ1n) is 9.61. The van der Waals surface area contributed by atoms with E-state index >= 15 is 0 Å². The van der Waals surface area contributed by atoms with E-state index in [0.29, 0.717) is 53.7 Å². The Hall–Kier alpha value is -3.20. The van der Waals surface area contributed by atoms with Crippen molar-refractivity contribution in [1.29, 1.82) is 0 Å². The van der Waals surface area contributed by atoms with Gasteiger partial charge in [0.15, 0.2) is 11.4 Å². The lowest BCUT2D eigenvalue weighted by molar-refractivity contribution is 0.0962. The molecule has 0 bridgehead atoms. The van der Waals surface area contributed by atoms with Gasteiger partial charge in [-0.2, -0.15) is 9.61 Å². The van der Waals surface area contributed by atoms with E-state index in [-0.39, 0.29) is 5.78 Å². The molecule has 0 aromatic carbocycles. The average Bonchev–Trinajstić information content (AvgIpc) is 3.30. The molecule has 1 aliphatic rings. The molecule has 3 aromatic heterocycles. The van der Waals surface area contributed by atoms with Crippen LogP contribution in [0.1, 0.15) is 42.5 Å². The predicted octanol–water partition coefficient (Wildman–Crippen LogP) is 2.80. The quantitative estimate of drug-likeness (QED) is 0.473. The molecular weight excluding hydrogens is 372 g/mol. The van der Waals surface area contributed by atoms with Crippen LogP contribution < -0.4 is 15.4 Å². The number of aromatic nitrogens is 4. The van der Waals surface area contributed by atoms with E-state index in [0.717, 1.165) is 12.8 Å². The number of ether oxygens (including phenoxy) is 1. The maximum absolute atomic E-state index is 12.7. The van der Waals surface area contributed by atoms with Gasteiger partial charge < -0.3 is 20.5 Å². The number of fused-ring (bicyclic) bond motifs is 1. The van der Waals surface area contributed by atoms with E-state index in [1.807, 2.05) is 6.07 Å². The molecule has 0 saturated heterocycles. The van der Waals surface area contributed by atoms with Crippen LogP contribution in [0.5, 0.6) is 5.88 Å². The summed E-state index contributed by atoms with van der Waals surface area (Å²) in [6, 6.07) is 5.43. The summed E-state index contributed by atoms with van der Waals surface area (Å²) >= 11 is 0. The second-order valence-corrected chi connectivity index (χ2v) is 7.26. The van der Waals surface area contributed by atoms with E-state index in [1.165, 1.54) is 0 Å². The number of rotatable bonds is 9. The first-order valence-corrected chi connectivity index (χ1v) is 9.61. The summed E-state index contributed by atoms with van der Waals surface area (Å²) in [7, 11) is 3.33. The Morgan fingerprint density at radius 3 is 2.97 bits per heavy atom. The molecule has 0 spiro atoms. The van der Waals surface area contributed by atoms with Crippen LogP contribution in [0.15, 0.2) is 30.6 Å². The smallest absolute Gasteiger partial charge is 0.237 e. The van der Waals surface area contributed by atoms with E-state index < -0.39 is 5.60 Å². The first kappa shape index (κ1) is 19.1. The van der Waals surface area contributed by atoms with Gasteiger partial charge >= 0.3 is 0 Å². The summed E-state index contributed by atoms with van der Waals surface area (Å²) in [6.45, 7) is 0. The lowest BCUT2D eigenvalue weighted by atomic mass is 10.1. The molecule has 3 aromatic rings. The lowest BCUT2D eigenvalue weighted by Gasteiger charge is -2.12. The Bertz CT molecular complexity index is 1040. The monoisotopic (exact) mass is 396 g/mol. The zero-order chi connectivity index (χ0) is 20.4. The number of pyridine rings is 1. The van der Waals surface area contributed by atoms with Crippen LogP contribution >= 0.6 is 0 Å². The Labute approximate surface area is 168 Å². The molecule has 29 heavy (non-hydrogen) atoms. The fourth-order valence-electron chi connectivity index (χ4n) is 3.30. The number of carbonyl (C=O) groups is 1. The number of ketones is 1. The third kappa shape index (κ3) is 4.00. The minimum atomic E-state index is -0.543. The first-order chi connectivity index (χ1) is 14.0. The van der Waals surface area contributed by atoms with Crippen LogP contribution in [-0.4, -0.2) is 50.2 Å². The van der Waals surface area contributed by atoms with Gasteiger partial charge in [-0.15, -0.1) is 0 Å². The number of nitrogens with one attached hydrogen (secondary N) is 2. The molecule has 0 atom stereocenters. The van der Waals surface area contributed by atoms with Crippen LogP contribution in [0.2, 0.25) is 0 Å². The topological polar surface area (TPSA) is 114 Å². The minimum absolute atomic E-state index is 0.0325. The fraction of sp³-hybridized carbons (Fsp3) is 0.400. The Kier molecular flexibility index (Phi) is 5.06. The van der Waals surface area contributed by atoms with Crippen LogP contribution in [-0.2, 0) is 0 Å². The molecule has 0 radical (unpaired) electrons. The zero-order valence-corrected chi connectivity index (χ0v) is 16.5. The SMILES string of the molecule is CNc1cc(Nc2cccnc2OC)nc2c(C(=O)CCCC3(O)CC3)cnn12. The Morgan fingerprint density at radius 1 is 1.41 bits per heavy atom. The molecule has 1 saturated carbocycles. The Balaban J connectivity index is 1.61. The standard InChI is InChI=1S/C20H24N6O3/c1-21-17-11-16(24-14-5-4-10-22-19(14)29-2)25-18-13(12-23-26(17)18)15(27)6-3-7-20(28)8-9-20/h4-5,10-12,21,28H,3,6-9H2,1-2H3,(H,24,25). The summed E-state index contributed by atoms with van der Waals surface area (Å²) in [6.07, 6.45) is 6.51. The summed E-state index contributed by atoms with van der Waals surface area (Å²) in [5.41, 5.74) is 1.06. The van der Waals surface area contributed by atoms with Crippen LogP contribution in [0.3, 0.4) is 0 Å². The van der Waals surface area contributed by atoms with Crippen molar-refractivity contribution in [3.63, 3.8) is 0 Å². The average molecular weight is 396 g/mol. The van der Waals surface area contributed by atoms with Gasteiger partial charge in [0.1, 0.15) is 17.3 Å². The molecular formula is C20H24N6O3. The molecule has 3 heterocycles. The highest BCUT2D eigenvalue weighted by molar-refractivity contribution is 6.01. The molecule has 1 aliphatic carbocycles. The number of anilines is 3. The van der Waals surface area contributed by atoms with Gasteiger partial charge in [-0.05, 0) is 37.8 Å². The van der Waals surface area contributed by atoms with Crippen molar-refractivity contribution >= 4 is 28.8 Å². The van der Waals surface area contributed by atoms with Crippen LogP contribution in [0.4, 0.5) is 17.3 Å². The number of carbonyl (C=O) groups excluding carboxylic acids is 1. The van der Waals surface area contributed by atoms with Gasteiger partial charge in [-0.3, -0.25) is 4.79 Å². The number of nitrogens with zero attached hydrogens (tertiary/aromatic N) is 4. The molecule has 0 amide bonds. The third-order valence-electron chi connectivity index (χ3n) is 5.13. The van der Waals surface area contributed by atoms with Gasteiger partial charge in [0.25, 0.3) is 0 Å². The summed E-state index contributed by atoms with van der Waals surface area (Å²) in [4.78, 5) is 21.5. The molecule has 152 valence electrons. The van der Waals surface area contributed by atoms with Crippen molar-refractivity contribution in [3.05, 3.63) is 36.2 Å². The molecule has 0 unspecified atom stereocenters. The maximum Gasteiger partial charge on any atom is 0.237 e. The highest BCUT2D eigenvalue weighted by Gasteiger charge is 2.39. The van der Waals surface area contributed by atoms with Gasteiger partial charge in [0.05, 0.1) is 24.5 Å². The molecule has 0 aliphatic heterocycles. The minimum Gasteiger partial charge on any atom is -0.480 e. The predicted molar refractivity (Wildman–Crippen MR) is 109 cm³/mol. The van der Waals surface area contributed by atoms with Crippen molar-refractivity contribution < 1.29 is 14.6 Å². The summed E-state index contributed by atoms with van der Waals surface area (Å²) < 4.78 is 6.88. The number of Topliss-reactive ketones (excluding diaryl/α,β-unsaturated/α-hetero) is 1. The van der Waals surface area contributed by atoms with Crippen molar-refractivity contribution in [1.82, 2.24) is 19.6 Å². The number of hydrogen-bond acceptors (Lipinski definition) is 8. The molecule has 9 nitrogen and oxygen atoms in total. The van der Waals surface area contributed by atoms with E-state index in [2.05, 4.69) is 25.7 Å². The fourth-order valence-corrected chi connectivity index (χ4v) is 3.30. The lowest BCUT2D eigenvalue weighted by Crippen LogP contribution is -2.09. The highest BCUT2D eigenvalue weighted by Crippen LogP contribution is 2.39. The van der Waals surface area contributed by atoms with Crippen molar-refractivity contribution in [2.75, 3.05) is 24.8 Å². The summed E-state index contributed by atoms with van der Waals surface area (Å²) in [5.74, 6) is 1.64. The van der Waals surface area contributed by atoms with Gasteiger partial charge in [-0.1, -0.05) is 0 Å². The Morgan fingerprint density at radius 2 is 2.24 bits per heavy atom. The van der Waals surface area contributed by atoms with E-state index in [9.17, 15) is 9.90 Å². The molecule has 1 fully saturated rings. The zero-order valence-electron chi connectivity index (χ0n) is 16.5. The molecule has 3 N–H and O–H groups in total. The molecule has 9 heteroatoms. The van der Waals surface area contributed by atoms with Crippen molar-refractivity contribution in [2.24, 2.45) is 0 Å². The second-order valence-electron chi connectivity index (χ2n) is 7.26. The second kappa shape index (κ2) is 7.67. The normalized spacial score (nSPS) is 14.6. The van der Waals surface area contributed by atoms with Gasteiger partial charge in [0.2, 0.25) is 5.88 Å². The van der Waals surface area contributed by atoms with Gasteiger partial charge in [-0.25, -0.2) is 9.97 Å². The van der Waals surface area contributed by atoms with Crippen LogP contribution in [0.25, 0.3) is 5.65 Å². The number of hydrogen-bond donors (Lipinski definition) is 3. The highest BCUT2D eigenvalue weighted by atomic mass is 16.5. The van der Waals surface area contributed by atoms with E-state index in [4.69, 9.17) is 4.74 Å². The largest absolute Gasteiger partial charge is 0.480 e. The van der Waals surface area contributed by atoms with Crippen molar-refractivity contribution in [3.8, 4) is 5.88 Å². The third-order valence-corrected chi connectivity index (χ3v) is 5.13. The van der Waals surface area contributed by atoms with Crippen LogP contribution in [0, 0.1) is 0 Å². The van der Waals surface area contributed by atoms with Crippen molar-refractivity contribution in [2.45, 2.75) is 37.7 Å². The number of methoxy groups -OCH3 is 1. The summed E-state index contributed by atoms with van der Waals surface area (Å²) in [5, 5.41) is 20.5. The number of aliphatic hydroxyl groups is 1. The van der Waals surface area contributed by atoms with E-state index in [1.54, 1.807) is 43.2 Å².